The van der Waals surface area contributed by atoms with Crippen LogP contribution in [-0.2, 0) is 9.53 Å². The normalized spacial score (nSPS) is 18.1. The molecule has 0 spiro atoms. The smallest absolute Gasteiger partial charge is 0.411 e. The van der Waals surface area contributed by atoms with Crippen molar-refractivity contribution in [3.63, 3.8) is 0 Å². The summed E-state index contributed by atoms with van der Waals surface area (Å²) in [4.78, 5) is 23.6. The molecule has 0 heterocycles. The van der Waals surface area contributed by atoms with Crippen LogP contribution < -0.4 is 10.6 Å². The minimum absolute atomic E-state index is 0.00519. The summed E-state index contributed by atoms with van der Waals surface area (Å²) in [6.45, 7) is 4.29. The highest BCUT2D eigenvalue weighted by Gasteiger charge is 2.43. The Morgan fingerprint density at radius 1 is 1.11 bits per heavy atom. The molecule has 0 unspecified atom stereocenters. The van der Waals surface area contributed by atoms with Gasteiger partial charge in [0.2, 0.25) is 5.91 Å². The van der Waals surface area contributed by atoms with E-state index in [0.29, 0.717) is 11.6 Å². The molecule has 5 nitrogen and oxygen atoms in total. The standard InChI is InChI=1S/C21H23FN2O3/c1-12(2)13-4-6-14(7-5-13)16-11-17(16)20(25)23-15-8-9-19(18(22)10-15)24-21(26)27-3/h4-10,12,16-17H,11H2,1-3H3,(H,23,25)(H,24,26)/t16-,17-/m1/s1. The molecule has 3 rings (SSSR count). The van der Waals surface area contributed by atoms with Crippen LogP contribution >= 0.6 is 0 Å². The summed E-state index contributed by atoms with van der Waals surface area (Å²) in [5.41, 5.74) is 2.78. The molecule has 0 bridgehead atoms. The Morgan fingerprint density at radius 3 is 2.41 bits per heavy atom. The molecule has 0 aromatic heterocycles. The molecule has 2 aromatic carbocycles. The fourth-order valence-electron chi connectivity index (χ4n) is 3.07. The van der Waals surface area contributed by atoms with Crippen LogP contribution in [0.1, 0.15) is 43.2 Å². The van der Waals surface area contributed by atoms with Crippen molar-refractivity contribution in [3.05, 3.63) is 59.4 Å². The predicted octanol–water partition coefficient (Wildman–Crippen LogP) is 4.87. The lowest BCUT2D eigenvalue weighted by Crippen LogP contribution is -2.15. The van der Waals surface area contributed by atoms with Crippen LogP contribution in [0.2, 0.25) is 0 Å². The zero-order chi connectivity index (χ0) is 19.6. The Balaban J connectivity index is 1.60. The third-order valence-corrected chi connectivity index (χ3v) is 4.82. The fourth-order valence-corrected chi connectivity index (χ4v) is 3.07. The third kappa shape index (κ3) is 4.45. The Kier molecular flexibility index (Phi) is 5.44. The molecule has 2 aromatic rings. The van der Waals surface area contributed by atoms with Gasteiger partial charge >= 0.3 is 6.09 Å². The second-order valence-electron chi connectivity index (χ2n) is 7.07. The van der Waals surface area contributed by atoms with Crippen molar-refractivity contribution in [1.29, 1.82) is 0 Å². The van der Waals surface area contributed by atoms with Crippen LogP contribution in [0, 0.1) is 11.7 Å². The van der Waals surface area contributed by atoms with Gasteiger partial charge in [-0.2, -0.15) is 0 Å². The Bertz CT molecular complexity index is 849. The SMILES string of the molecule is COC(=O)Nc1ccc(NC(=O)[C@@H]2C[C@@H]2c2ccc(C(C)C)cc2)cc1F. The minimum atomic E-state index is -0.755. The van der Waals surface area contributed by atoms with E-state index in [2.05, 4.69) is 53.5 Å². The van der Waals surface area contributed by atoms with Crippen molar-refractivity contribution < 1.29 is 18.7 Å². The van der Waals surface area contributed by atoms with E-state index < -0.39 is 11.9 Å². The van der Waals surface area contributed by atoms with E-state index in [1.807, 2.05) is 0 Å². The number of methoxy groups -OCH3 is 1. The number of ether oxygens (including phenoxy) is 1. The van der Waals surface area contributed by atoms with Crippen LogP contribution in [0.15, 0.2) is 42.5 Å². The first kappa shape index (κ1) is 18.9. The maximum atomic E-state index is 14.0. The second-order valence-corrected chi connectivity index (χ2v) is 7.07. The number of nitrogens with one attached hydrogen (secondary N) is 2. The van der Waals surface area contributed by atoms with Crippen LogP contribution in [0.5, 0.6) is 0 Å². The molecule has 6 heteroatoms. The van der Waals surface area contributed by atoms with Gasteiger partial charge in [-0.3, -0.25) is 10.1 Å². The van der Waals surface area contributed by atoms with E-state index in [9.17, 15) is 14.0 Å². The minimum Gasteiger partial charge on any atom is -0.453 e. The van der Waals surface area contributed by atoms with E-state index in [-0.39, 0.29) is 23.4 Å². The van der Waals surface area contributed by atoms with Gasteiger partial charge in [-0.05, 0) is 47.6 Å². The summed E-state index contributed by atoms with van der Waals surface area (Å²) < 4.78 is 18.5. The second kappa shape index (κ2) is 7.78. The van der Waals surface area contributed by atoms with Crippen molar-refractivity contribution in [1.82, 2.24) is 0 Å². The van der Waals surface area contributed by atoms with Crippen molar-refractivity contribution in [2.45, 2.75) is 32.1 Å². The lowest BCUT2D eigenvalue weighted by Gasteiger charge is -2.09. The average molecular weight is 370 g/mol. The molecule has 1 saturated carbocycles. The quantitative estimate of drug-likeness (QED) is 0.789. The molecule has 2 N–H and O–H groups in total. The van der Waals surface area contributed by atoms with Gasteiger partial charge in [0.05, 0.1) is 12.8 Å². The molecular formula is C21H23FN2O3. The molecule has 2 amide bonds. The number of rotatable bonds is 5. The van der Waals surface area contributed by atoms with E-state index >= 15 is 0 Å². The Hall–Kier alpha value is -2.89. The summed E-state index contributed by atoms with van der Waals surface area (Å²) in [7, 11) is 1.20. The number of anilines is 2. The number of hydrogen-bond acceptors (Lipinski definition) is 3. The molecule has 27 heavy (non-hydrogen) atoms. The van der Waals surface area contributed by atoms with E-state index in [1.54, 1.807) is 6.07 Å². The maximum Gasteiger partial charge on any atom is 0.411 e. The fraction of sp³-hybridized carbons (Fsp3) is 0.333. The molecule has 1 aliphatic carbocycles. The third-order valence-electron chi connectivity index (χ3n) is 4.82. The van der Waals surface area contributed by atoms with Crippen LogP contribution in [0.3, 0.4) is 0 Å². The highest BCUT2D eigenvalue weighted by atomic mass is 19.1. The molecule has 1 fully saturated rings. The van der Waals surface area contributed by atoms with Crippen molar-refractivity contribution in [3.8, 4) is 0 Å². The van der Waals surface area contributed by atoms with E-state index in [1.165, 1.54) is 24.8 Å². The van der Waals surface area contributed by atoms with Gasteiger partial charge in [0.15, 0.2) is 0 Å². The Labute approximate surface area is 157 Å². The molecular weight excluding hydrogens is 347 g/mol. The summed E-state index contributed by atoms with van der Waals surface area (Å²) in [5.74, 6) is -0.193. The summed E-state index contributed by atoms with van der Waals surface area (Å²) in [6.07, 6.45) is 0.0344. The molecule has 2 atom stereocenters. The molecule has 0 saturated heterocycles. The first-order valence-electron chi connectivity index (χ1n) is 8.94. The molecule has 0 aliphatic heterocycles. The molecule has 142 valence electrons. The number of carbonyl (C=O) groups excluding carboxylic acids is 2. The highest BCUT2D eigenvalue weighted by Crippen LogP contribution is 2.48. The predicted molar refractivity (Wildman–Crippen MR) is 102 cm³/mol. The maximum absolute atomic E-state index is 14.0. The van der Waals surface area contributed by atoms with Gasteiger partial charge in [-0.15, -0.1) is 0 Å². The molecule has 0 radical (unpaired) electrons. The van der Waals surface area contributed by atoms with Crippen LogP contribution in [-0.4, -0.2) is 19.1 Å². The van der Waals surface area contributed by atoms with Gasteiger partial charge in [0.1, 0.15) is 5.82 Å². The first-order valence-corrected chi connectivity index (χ1v) is 8.94. The zero-order valence-electron chi connectivity index (χ0n) is 15.6. The lowest BCUT2D eigenvalue weighted by molar-refractivity contribution is -0.117. The summed E-state index contributed by atoms with van der Waals surface area (Å²) >= 11 is 0. The Morgan fingerprint density at radius 2 is 1.81 bits per heavy atom. The zero-order valence-corrected chi connectivity index (χ0v) is 15.6. The highest BCUT2D eigenvalue weighted by molar-refractivity contribution is 5.95. The summed E-state index contributed by atoms with van der Waals surface area (Å²) in [6, 6.07) is 12.5. The van der Waals surface area contributed by atoms with E-state index in [0.717, 1.165) is 12.0 Å². The van der Waals surface area contributed by atoms with Crippen molar-refractivity contribution in [2.75, 3.05) is 17.7 Å². The monoisotopic (exact) mass is 370 g/mol. The van der Waals surface area contributed by atoms with Crippen molar-refractivity contribution >= 4 is 23.4 Å². The van der Waals surface area contributed by atoms with Crippen LogP contribution in [0.4, 0.5) is 20.6 Å². The van der Waals surface area contributed by atoms with Gasteiger partial charge in [-0.1, -0.05) is 38.1 Å². The van der Waals surface area contributed by atoms with Gasteiger partial charge in [-0.25, -0.2) is 9.18 Å². The van der Waals surface area contributed by atoms with E-state index in [4.69, 9.17) is 0 Å². The largest absolute Gasteiger partial charge is 0.453 e. The number of benzene rings is 2. The lowest BCUT2D eigenvalue weighted by atomic mass is 10.00. The van der Waals surface area contributed by atoms with Gasteiger partial charge in [0, 0.05) is 11.6 Å². The summed E-state index contributed by atoms with van der Waals surface area (Å²) in [5, 5.41) is 5.01. The molecule has 1 aliphatic rings. The first-order chi connectivity index (χ1) is 12.9. The number of carbonyl (C=O) groups is 2. The number of amides is 2. The van der Waals surface area contributed by atoms with Gasteiger partial charge < -0.3 is 10.1 Å². The number of hydrogen-bond donors (Lipinski definition) is 2. The average Bonchev–Trinajstić information content (AvgIpc) is 3.45. The number of halogens is 1. The van der Waals surface area contributed by atoms with Crippen LogP contribution in [0.25, 0.3) is 0 Å². The van der Waals surface area contributed by atoms with Gasteiger partial charge in [0.25, 0.3) is 0 Å². The van der Waals surface area contributed by atoms with Crippen molar-refractivity contribution in [2.24, 2.45) is 5.92 Å². The topological polar surface area (TPSA) is 67.4 Å².